The number of fused-ring (bicyclic) bond motifs is 1. The van der Waals surface area contributed by atoms with E-state index in [2.05, 4.69) is 23.7 Å². The Bertz CT molecular complexity index is 422. The van der Waals surface area contributed by atoms with Crippen LogP contribution in [0.5, 0.6) is 0 Å². The Balaban J connectivity index is 1.96. The molecular formula is C15H25N3. The molecule has 2 aliphatic rings. The van der Waals surface area contributed by atoms with Crippen molar-refractivity contribution in [3.05, 3.63) is 17.2 Å². The first kappa shape index (κ1) is 12.2. The Hall–Kier alpha value is -0.830. The van der Waals surface area contributed by atoms with Crippen LogP contribution in [0, 0.1) is 5.92 Å². The van der Waals surface area contributed by atoms with Crippen molar-refractivity contribution in [1.29, 1.82) is 0 Å². The zero-order valence-electron chi connectivity index (χ0n) is 11.7. The number of nitrogens with one attached hydrogen (secondary N) is 1. The minimum Gasteiger partial charge on any atom is -0.329 e. The van der Waals surface area contributed by atoms with Gasteiger partial charge in [0.05, 0.1) is 5.69 Å². The molecule has 3 nitrogen and oxygen atoms in total. The molecule has 0 radical (unpaired) electrons. The van der Waals surface area contributed by atoms with Gasteiger partial charge in [-0.2, -0.15) is 0 Å². The minimum absolute atomic E-state index is 0.720. The Morgan fingerprint density at radius 2 is 2.28 bits per heavy atom. The van der Waals surface area contributed by atoms with Crippen molar-refractivity contribution in [2.75, 3.05) is 6.54 Å². The summed E-state index contributed by atoms with van der Waals surface area (Å²) in [7, 11) is 0. The summed E-state index contributed by atoms with van der Waals surface area (Å²) >= 11 is 0. The average Bonchev–Trinajstić information content (AvgIpc) is 2.77. The molecule has 0 bridgehead atoms. The minimum atomic E-state index is 0.720. The lowest BCUT2D eigenvalue weighted by molar-refractivity contribution is 0.273. The van der Waals surface area contributed by atoms with E-state index in [-0.39, 0.29) is 0 Å². The number of aromatic nitrogens is 2. The predicted octanol–water partition coefficient (Wildman–Crippen LogP) is 2.84. The normalized spacial score (nSPS) is 28.1. The van der Waals surface area contributed by atoms with Crippen LogP contribution in [0.4, 0.5) is 0 Å². The topological polar surface area (TPSA) is 29.9 Å². The molecule has 3 heteroatoms. The number of imidazole rings is 1. The number of aryl methyl sites for hydroxylation is 1. The maximum atomic E-state index is 4.87. The molecule has 0 aromatic carbocycles. The van der Waals surface area contributed by atoms with Gasteiger partial charge in [-0.05, 0) is 18.8 Å². The fourth-order valence-corrected chi connectivity index (χ4v) is 3.71. The van der Waals surface area contributed by atoms with Crippen LogP contribution < -0.4 is 5.32 Å². The van der Waals surface area contributed by atoms with Gasteiger partial charge in [0, 0.05) is 37.7 Å². The maximum Gasteiger partial charge on any atom is 0.109 e. The molecule has 0 amide bonds. The second kappa shape index (κ2) is 5.04. The van der Waals surface area contributed by atoms with E-state index >= 15 is 0 Å². The smallest absolute Gasteiger partial charge is 0.109 e. The lowest BCUT2D eigenvalue weighted by Crippen LogP contribution is -2.27. The van der Waals surface area contributed by atoms with E-state index in [0.29, 0.717) is 0 Å². The largest absolute Gasteiger partial charge is 0.329 e. The second-order valence-corrected chi connectivity index (χ2v) is 6.00. The van der Waals surface area contributed by atoms with Gasteiger partial charge in [-0.25, -0.2) is 4.98 Å². The van der Waals surface area contributed by atoms with E-state index < -0.39 is 0 Å². The number of rotatable bonds is 2. The highest BCUT2D eigenvalue weighted by molar-refractivity contribution is 5.21. The molecule has 0 saturated heterocycles. The first-order valence-electron chi connectivity index (χ1n) is 7.59. The Morgan fingerprint density at radius 3 is 3.06 bits per heavy atom. The van der Waals surface area contributed by atoms with E-state index in [1.54, 1.807) is 0 Å². The van der Waals surface area contributed by atoms with Crippen molar-refractivity contribution in [1.82, 2.24) is 14.9 Å². The standard InChI is InChI=1S/C15H25N3/c1-3-15-17-13-10-16-8-7-14(13)18(15)12-6-4-5-11(2)9-12/h11-12,16H,3-10H2,1-2H3. The van der Waals surface area contributed by atoms with Crippen LogP contribution in [-0.2, 0) is 19.4 Å². The molecule has 18 heavy (non-hydrogen) atoms. The van der Waals surface area contributed by atoms with E-state index in [4.69, 9.17) is 4.98 Å². The molecule has 100 valence electrons. The lowest BCUT2D eigenvalue weighted by Gasteiger charge is -2.31. The zero-order valence-corrected chi connectivity index (χ0v) is 11.7. The molecule has 1 aromatic rings. The monoisotopic (exact) mass is 247 g/mol. The van der Waals surface area contributed by atoms with Gasteiger partial charge in [-0.15, -0.1) is 0 Å². The fourth-order valence-electron chi connectivity index (χ4n) is 3.71. The SMILES string of the molecule is CCc1nc2c(n1C1CCCC(C)C1)CCNC2. The van der Waals surface area contributed by atoms with E-state index in [1.807, 2.05) is 0 Å². The molecule has 2 atom stereocenters. The molecule has 2 unspecified atom stereocenters. The van der Waals surface area contributed by atoms with Gasteiger partial charge >= 0.3 is 0 Å². The summed E-state index contributed by atoms with van der Waals surface area (Å²) in [4.78, 5) is 4.87. The summed E-state index contributed by atoms with van der Waals surface area (Å²) in [6, 6.07) is 0.720. The van der Waals surface area contributed by atoms with E-state index in [0.717, 1.165) is 37.9 Å². The first-order chi connectivity index (χ1) is 8.79. The van der Waals surface area contributed by atoms with Crippen molar-refractivity contribution < 1.29 is 0 Å². The lowest BCUT2D eigenvalue weighted by atomic mass is 9.86. The van der Waals surface area contributed by atoms with Crippen molar-refractivity contribution in [3.63, 3.8) is 0 Å². The third-order valence-corrected chi connectivity index (χ3v) is 4.59. The Labute approximate surface area is 110 Å². The van der Waals surface area contributed by atoms with Gasteiger partial charge in [0.1, 0.15) is 5.82 Å². The van der Waals surface area contributed by atoms with Crippen LogP contribution in [0.15, 0.2) is 0 Å². The summed E-state index contributed by atoms with van der Waals surface area (Å²) < 4.78 is 2.62. The molecule has 1 saturated carbocycles. The zero-order chi connectivity index (χ0) is 12.5. The molecule has 3 rings (SSSR count). The van der Waals surface area contributed by atoms with Crippen LogP contribution in [0.3, 0.4) is 0 Å². The summed E-state index contributed by atoms with van der Waals surface area (Å²) in [6.07, 6.45) is 7.73. The highest BCUT2D eigenvalue weighted by Gasteiger charge is 2.27. The van der Waals surface area contributed by atoms with E-state index in [9.17, 15) is 0 Å². The van der Waals surface area contributed by atoms with Gasteiger partial charge in [0.15, 0.2) is 0 Å². The third-order valence-electron chi connectivity index (χ3n) is 4.59. The molecular weight excluding hydrogens is 222 g/mol. The third kappa shape index (κ3) is 2.09. The fraction of sp³-hybridized carbons (Fsp3) is 0.800. The predicted molar refractivity (Wildman–Crippen MR) is 73.7 cm³/mol. The molecule has 1 N–H and O–H groups in total. The summed E-state index contributed by atoms with van der Waals surface area (Å²) in [5, 5.41) is 3.44. The van der Waals surface area contributed by atoms with Crippen LogP contribution in [0.2, 0.25) is 0 Å². The summed E-state index contributed by atoms with van der Waals surface area (Å²) in [5.74, 6) is 2.20. The van der Waals surface area contributed by atoms with Crippen molar-refractivity contribution >= 4 is 0 Å². The van der Waals surface area contributed by atoms with Crippen LogP contribution in [-0.4, -0.2) is 16.1 Å². The van der Waals surface area contributed by atoms with Gasteiger partial charge in [-0.1, -0.05) is 26.7 Å². The van der Waals surface area contributed by atoms with Gasteiger partial charge in [0.2, 0.25) is 0 Å². The molecule has 1 aromatic heterocycles. The summed E-state index contributed by atoms with van der Waals surface area (Å²) in [6.45, 7) is 6.73. The van der Waals surface area contributed by atoms with Crippen molar-refractivity contribution in [2.24, 2.45) is 5.92 Å². The van der Waals surface area contributed by atoms with E-state index in [1.165, 1.54) is 42.9 Å². The molecule has 0 spiro atoms. The molecule has 1 aliphatic carbocycles. The van der Waals surface area contributed by atoms with Gasteiger partial charge < -0.3 is 9.88 Å². The maximum absolute atomic E-state index is 4.87. The van der Waals surface area contributed by atoms with Gasteiger partial charge in [0.25, 0.3) is 0 Å². The highest BCUT2D eigenvalue weighted by atomic mass is 15.1. The average molecular weight is 247 g/mol. The van der Waals surface area contributed by atoms with Crippen LogP contribution in [0.1, 0.15) is 62.8 Å². The Kier molecular flexibility index (Phi) is 3.42. The second-order valence-electron chi connectivity index (χ2n) is 6.00. The number of hydrogen-bond acceptors (Lipinski definition) is 2. The molecule has 2 heterocycles. The van der Waals surface area contributed by atoms with Crippen molar-refractivity contribution in [3.8, 4) is 0 Å². The molecule has 1 fully saturated rings. The van der Waals surface area contributed by atoms with Gasteiger partial charge in [-0.3, -0.25) is 0 Å². The van der Waals surface area contributed by atoms with Crippen LogP contribution in [0.25, 0.3) is 0 Å². The number of hydrogen-bond donors (Lipinski definition) is 1. The Morgan fingerprint density at radius 1 is 1.39 bits per heavy atom. The van der Waals surface area contributed by atoms with Crippen LogP contribution >= 0.6 is 0 Å². The first-order valence-corrected chi connectivity index (χ1v) is 7.59. The highest BCUT2D eigenvalue weighted by Crippen LogP contribution is 2.35. The van der Waals surface area contributed by atoms with Crippen molar-refractivity contribution in [2.45, 2.75) is 65.0 Å². The quantitative estimate of drug-likeness (QED) is 0.871. The summed E-state index contributed by atoms with van der Waals surface area (Å²) in [5.41, 5.74) is 2.85. The number of nitrogens with zero attached hydrogens (tertiary/aromatic N) is 2. The molecule has 1 aliphatic heterocycles.